The van der Waals surface area contributed by atoms with E-state index in [1.54, 1.807) is 18.2 Å². The van der Waals surface area contributed by atoms with Gasteiger partial charge in [0.25, 0.3) is 11.8 Å². The van der Waals surface area contributed by atoms with Crippen LogP contribution in [0.25, 0.3) is 0 Å². The summed E-state index contributed by atoms with van der Waals surface area (Å²) in [6.45, 7) is 2.64. The number of carboxylic acids is 1. The number of rotatable bonds is 8. The Labute approximate surface area is 225 Å². The van der Waals surface area contributed by atoms with Crippen LogP contribution in [0.15, 0.2) is 30.3 Å². The summed E-state index contributed by atoms with van der Waals surface area (Å²) in [4.78, 5) is 44.7. The lowest BCUT2D eigenvalue weighted by Gasteiger charge is -2.29. The molecule has 1 atom stereocenters. The second-order valence-corrected chi connectivity index (χ2v) is 10.8. The van der Waals surface area contributed by atoms with E-state index in [4.69, 9.17) is 11.6 Å². The molecule has 36 heavy (non-hydrogen) atoms. The number of thiazole rings is 1. The number of halogens is 3. The van der Waals surface area contributed by atoms with Crippen LogP contribution in [0.5, 0.6) is 0 Å². The van der Waals surface area contributed by atoms with E-state index in [0.29, 0.717) is 34.3 Å². The third-order valence-corrected chi connectivity index (χ3v) is 7.95. The number of thiophene rings is 1. The summed E-state index contributed by atoms with van der Waals surface area (Å²) < 4.78 is 13.6. The highest BCUT2D eigenvalue weighted by molar-refractivity contribution is 7.18. The van der Waals surface area contributed by atoms with Gasteiger partial charge in [0, 0.05) is 42.7 Å². The molecule has 1 aliphatic heterocycles. The van der Waals surface area contributed by atoms with E-state index in [0.717, 1.165) is 21.9 Å². The molecule has 2 aromatic heterocycles. The molecule has 0 saturated heterocycles. The van der Waals surface area contributed by atoms with E-state index in [9.17, 15) is 23.9 Å². The Balaban J connectivity index is 0.00000361. The first-order chi connectivity index (χ1) is 16.7. The molecule has 2 amide bonds. The molecule has 0 aliphatic carbocycles. The fourth-order valence-corrected chi connectivity index (χ4v) is 5.63. The number of aromatic carboxylic acids is 1. The SMILES string of the molecule is CC(CF)N1CCc2nc(C(=O)Nc3cc(C(=O)O)ccc3CNC(=O)c3ccc(Cl)s3)sc2C1.Cl. The van der Waals surface area contributed by atoms with Crippen molar-refractivity contribution in [2.45, 2.75) is 32.5 Å². The first kappa shape index (κ1) is 28.0. The highest BCUT2D eigenvalue weighted by Gasteiger charge is 2.26. The third kappa shape index (κ3) is 6.40. The van der Waals surface area contributed by atoms with Crippen LogP contribution in [0.2, 0.25) is 4.34 Å². The minimum absolute atomic E-state index is 0. The number of aromatic nitrogens is 1. The zero-order valence-electron chi connectivity index (χ0n) is 19.0. The van der Waals surface area contributed by atoms with Gasteiger partial charge in [0.2, 0.25) is 0 Å². The number of carbonyl (C=O) groups is 3. The molecule has 13 heteroatoms. The van der Waals surface area contributed by atoms with E-state index >= 15 is 0 Å². The van der Waals surface area contributed by atoms with Crippen LogP contribution >= 0.6 is 46.7 Å². The van der Waals surface area contributed by atoms with Crippen molar-refractivity contribution in [2.24, 2.45) is 0 Å². The molecule has 3 heterocycles. The monoisotopic (exact) mass is 572 g/mol. The fourth-order valence-electron chi connectivity index (χ4n) is 3.64. The normalized spacial score (nSPS) is 13.9. The van der Waals surface area contributed by atoms with Crippen LogP contribution in [-0.4, -0.2) is 52.0 Å². The number of hydrogen-bond donors (Lipinski definition) is 3. The molecule has 1 aliphatic rings. The lowest BCUT2D eigenvalue weighted by atomic mass is 10.1. The number of alkyl halides is 1. The zero-order valence-corrected chi connectivity index (χ0v) is 22.3. The van der Waals surface area contributed by atoms with Gasteiger partial charge in [0.05, 0.1) is 20.5 Å². The summed E-state index contributed by atoms with van der Waals surface area (Å²) in [6.07, 6.45) is 0.627. The van der Waals surface area contributed by atoms with Crippen molar-refractivity contribution < 1.29 is 23.9 Å². The molecule has 192 valence electrons. The molecule has 0 spiro atoms. The number of fused-ring (bicyclic) bond motifs is 1. The first-order valence-electron chi connectivity index (χ1n) is 10.7. The summed E-state index contributed by atoms with van der Waals surface area (Å²) in [5, 5.41) is 15.1. The molecular weight excluding hydrogens is 550 g/mol. The van der Waals surface area contributed by atoms with Crippen molar-refractivity contribution in [1.29, 1.82) is 0 Å². The molecule has 8 nitrogen and oxygen atoms in total. The van der Waals surface area contributed by atoms with Gasteiger partial charge in [-0.25, -0.2) is 14.2 Å². The van der Waals surface area contributed by atoms with Gasteiger partial charge in [-0.2, -0.15) is 0 Å². The predicted octanol–water partition coefficient (Wildman–Crippen LogP) is 4.88. The zero-order chi connectivity index (χ0) is 25.1. The van der Waals surface area contributed by atoms with E-state index < -0.39 is 18.6 Å². The average Bonchev–Trinajstić information content (AvgIpc) is 3.48. The predicted molar refractivity (Wildman–Crippen MR) is 141 cm³/mol. The smallest absolute Gasteiger partial charge is 0.335 e. The molecule has 1 aromatic carbocycles. The van der Waals surface area contributed by atoms with Crippen molar-refractivity contribution in [1.82, 2.24) is 15.2 Å². The van der Waals surface area contributed by atoms with Gasteiger partial charge in [0.1, 0.15) is 6.67 Å². The number of hydrogen-bond acceptors (Lipinski definition) is 7. The Morgan fingerprint density at radius 1 is 1.22 bits per heavy atom. The van der Waals surface area contributed by atoms with Crippen molar-refractivity contribution in [2.75, 3.05) is 18.5 Å². The molecule has 4 rings (SSSR count). The number of nitrogens with zero attached hydrogens (tertiary/aromatic N) is 2. The molecule has 0 bridgehead atoms. The minimum atomic E-state index is -1.14. The van der Waals surface area contributed by atoms with Gasteiger partial charge in [-0.15, -0.1) is 35.1 Å². The highest BCUT2D eigenvalue weighted by atomic mass is 35.5. The lowest BCUT2D eigenvalue weighted by molar-refractivity contribution is 0.0696. The van der Waals surface area contributed by atoms with E-state index in [-0.39, 0.29) is 47.2 Å². The van der Waals surface area contributed by atoms with Gasteiger partial charge in [-0.3, -0.25) is 14.5 Å². The maximum Gasteiger partial charge on any atom is 0.335 e. The van der Waals surface area contributed by atoms with Crippen molar-refractivity contribution in [3.63, 3.8) is 0 Å². The van der Waals surface area contributed by atoms with Crippen LogP contribution < -0.4 is 10.6 Å². The van der Waals surface area contributed by atoms with Crippen LogP contribution in [-0.2, 0) is 19.5 Å². The summed E-state index contributed by atoms with van der Waals surface area (Å²) in [7, 11) is 0. The van der Waals surface area contributed by atoms with Gasteiger partial charge in [-0.1, -0.05) is 17.7 Å². The number of nitrogens with one attached hydrogen (secondary N) is 2. The molecule has 0 fully saturated rings. The first-order valence-corrected chi connectivity index (χ1v) is 12.8. The summed E-state index contributed by atoms with van der Waals surface area (Å²) in [5.74, 6) is -1.95. The van der Waals surface area contributed by atoms with E-state index in [2.05, 4.69) is 15.6 Å². The lowest BCUT2D eigenvalue weighted by Crippen LogP contribution is -2.38. The number of carboxylic acid groups (broad SMARTS) is 1. The Bertz CT molecular complexity index is 1280. The third-order valence-electron chi connectivity index (χ3n) is 5.64. The molecule has 0 radical (unpaired) electrons. The fraction of sp³-hybridized carbons (Fsp3) is 0.304. The Morgan fingerprint density at radius 3 is 2.67 bits per heavy atom. The Hall–Kier alpha value is -2.57. The Kier molecular flexibility index (Phi) is 9.42. The number of carbonyl (C=O) groups excluding carboxylic acids is 2. The number of amides is 2. The molecular formula is C23H23Cl2FN4O4S2. The minimum Gasteiger partial charge on any atom is -0.478 e. The summed E-state index contributed by atoms with van der Waals surface area (Å²) in [5.41, 5.74) is 1.61. The largest absolute Gasteiger partial charge is 0.478 e. The highest BCUT2D eigenvalue weighted by Crippen LogP contribution is 2.28. The van der Waals surface area contributed by atoms with E-state index in [1.807, 2.05) is 11.8 Å². The number of anilines is 1. The van der Waals surface area contributed by atoms with Crippen LogP contribution in [0.4, 0.5) is 10.1 Å². The molecule has 1 unspecified atom stereocenters. The second-order valence-electron chi connectivity index (χ2n) is 8.03. The molecule has 3 aromatic rings. The van der Waals surface area contributed by atoms with Crippen LogP contribution in [0.3, 0.4) is 0 Å². The quantitative estimate of drug-likeness (QED) is 0.355. The average molecular weight is 573 g/mol. The van der Waals surface area contributed by atoms with Crippen LogP contribution in [0, 0.1) is 0 Å². The van der Waals surface area contributed by atoms with Gasteiger partial charge >= 0.3 is 5.97 Å². The standard InChI is InChI=1S/C23H22ClFN4O4S2.ClH/c1-12(9-25)29-7-6-15-18(11-29)35-22(28-15)21(31)27-16-8-13(23(32)33)2-3-14(16)10-26-20(30)17-4-5-19(24)34-17;/h2-5,8,12H,6-7,9-11H2,1H3,(H,26,30)(H,27,31)(H,32,33);1H. The Morgan fingerprint density at radius 2 is 2.00 bits per heavy atom. The summed E-state index contributed by atoms with van der Waals surface area (Å²) >= 11 is 8.27. The maximum atomic E-state index is 13.1. The topological polar surface area (TPSA) is 112 Å². The second kappa shape index (κ2) is 12.1. The van der Waals surface area contributed by atoms with Gasteiger partial charge in [0.15, 0.2) is 5.01 Å². The van der Waals surface area contributed by atoms with Crippen LogP contribution in [0.1, 0.15) is 52.9 Å². The number of benzene rings is 1. The molecule has 0 saturated carbocycles. The van der Waals surface area contributed by atoms with Crippen molar-refractivity contribution >= 4 is 70.2 Å². The van der Waals surface area contributed by atoms with Gasteiger partial charge in [-0.05, 0) is 36.8 Å². The maximum absolute atomic E-state index is 13.1. The van der Waals surface area contributed by atoms with Crippen molar-refractivity contribution in [3.8, 4) is 0 Å². The van der Waals surface area contributed by atoms with E-state index in [1.165, 1.54) is 23.5 Å². The summed E-state index contributed by atoms with van der Waals surface area (Å²) in [6, 6.07) is 7.33. The van der Waals surface area contributed by atoms with Crippen molar-refractivity contribution in [3.05, 3.63) is 66.3 Å². The molecule has 3 N–H and O–H groups in total. The van der Waals surface area contributed by atoms with Gasteiger partial charge < -0.3 is 15.7 Å².